The zero-order valence-corrected chi connectivity index (χ0v) is 19.8. The van der Waals surface area contributed by atoms with Crippen LogP contribution in [0.3, 0.4) is 0 Å². The first-order chi connectivity index (χ1) is 16.8. The number of rotatable bonds is 11. The summed E-state index contributed by atoms with van der Waals surface area (Å²) in [7, 11) is 1.21. The summed E-state index contributed by atoms with van der Waals surface area (Å²) in [6, 6.07) is 14.8. The number of hydrogen-bond acceptors (Lipinski definition) is 6. The first-order valence-corrected chi connectivity index (χ1v) is 11.5. The lowest BCUT2D eigenvalue weighted by atomic mass is 9.98. The quantitative estimate of drug-likeness (QED) is 0.420. The fraction of sp³-hybridized carbons (Fsp3) is 0.385. The van der Waals surface area contributed by atoms with Crippen molar-refractivity contribution in [3.05, 3.63) is 59.7 Å². The van der Waals surface area contributed by atoms with Gasteiger partial charge in [-0.1, -0.05) is 55.5 Å². The number of amides is 2. The highest BCUT2D eigenvalue weighted by atomic mass is 16.5. The van der Waals surface area contributed by atoms with Crippen molar-refractivity contribution in [2.75, 3.05) is 20.3 Å². The summed E-state index contributed by atoms with van der Waals surface area (Å²) < 4.78 is 10.00. The minimum absolute atomic E-state index is 0.0116. The van der Waals surface area contributed by atoms with Crippen LogP contribution in [0.4, 0.5) is 4.79 Å². The maximum Gasteiger partial charge on any atom is 0.407 e. The molecular weight excluding hydrogens is 452 g/mol. The normalized spacial score (nSPS) is 13.7. The Morgan fingerprint density at radius 2 is 1.60 bits per heavy atom. The highest BCUT2D eigenvalue weighted by Crippen LogP contribution is 2.44. The second-order valence-corrected chi connectivity index (χ2v) is 8.33. The van der Waals surface area contributed by atoms with Crippen LogP contribution in [-0.2, 0) is 23.9 Å². The zero-order chi connectivity index (χ0) is 25.4. The van der Waals surface area contributed by atoms with Crippen LogP contribution in [-0.4, -0.2) is 55.3 Å². The number of fused-ring (bicyclic) bond motifs is 3. The number of carboxylic acids is 1. The van der Waals surface area contributed by atoms with E-state index in [-0.39, 0.29) is 31.9 Å². The lowest BCUT2D eigenvalue weighted by Gasteiger charge is -2.20. The predicted molar refractivity (Wildman–Crippen MR) is 128 cm³/mol. The van der Waals surface area contributed by atoms with Gasteiger partial charge in [-0.25, -0.2) is 9.59 Å². The maximum atomic E-state index is 12.6. The number of nitrogens with one attached hydrogen (secondary N) is 2. The monoisotopic (exact) mass is 482 g/mol. The average molecular weight is 483 g/mol. The van der Waals surface area contributed by atoms with Gasteiger partial charge in [0.2, 0.25) is 5.91 Å². The summed E-state index contributed by atoms with van der Waals surface area (Å²) in [5, 5.41) is 14.4. The third-order valence-electron chi connectivity index (χ3n) is 6.18. The molecule has 2 aromatic carbocycles. The Balaban J connectivity index is 1.52. The largest absolute Gasteiger partial charge is 0.480 e. The minimum atomic E-state index is -1.25. The van der Waals surface area contributed by atoms with E-state index >= 15 is 0 Å². The topological polar surface area (TPSA) is 131 Å². The molecule has 1 unspecified atom stereocenters. The van der Waals surface area contributed by atoms with E-state index in [0.29, 0.717) is 6.42 Å². The molecule has 2 amide bonds. The Morgan fingerprint density at radius 1 is 1.00 bits per heavy atom. The molecule has 9 nitrogen and oxygen atoms in total. The van der Waals surface area contributed by atoms with E-state index in [9.17, 15) is 24.3 Å². The fourth-order valence-electron chi connectivity index (χ4n) is 4.19. The van der Waals surface area contributed by atoms with Gasteiger partial charge in [0.15, 0.2) is 0 Å². The predicted octanol–water partition coefficient (Wildman–Crippen LogP) is 3.07. The van der Waals surface area contributed by atoms with E-state index in [1.165, 1.54) is 7.11 Å². The Bertz CT molecular complexity index is 1040. The van der Waals surface area contributed by atoms with Crippen LogP contribution in [0.15, 0.2) is 48.5 Å². The summed E-state index contributed by atoms with van der Waals surface area (Å²) in [6.45, 7) is 1.90. The van der Waals surface area contributed by atoms with Crippen LogP contribution in [0, 0.1) is 5.92 Å². The SMILES string of the molecule is CCC(CNC(=O)OCC1c2ccccc2-c2ccccc21)C(=O)N[C@@H](CCC(=O)OC)C(=O)O. The maximum absolute atomic E-state index is 12.6. The molecule has 0 radical (unpaired) electrons. The van der Waals surface area contributed by atoms with E-state index in [4.69, 9.17) is 4.74 Å². The molecule has 0 saturated heterocycles. The van der Waals surface area contributed by atoms with Gasteiger partial charge in [0.25, 0.3) is 0 Å². The number of methoxy groups -OCH3 is 1. The molecule has 0 bridgehead atoms. The van der Waals surface area contributed by atoms with Crippen molar-refractivity contribution in [3.63, 3.8) is 0 Å². The fourth-order valence-corrected chi connectivity index (χ4v) is 4.19. The summed E-state index contributed by atoms with van der Waals surface area (Å²) >= 11 is 0. The van der Waals surface area contributed by atoms with Crippen LogP contribution < -0.4 is 10.6 Å². The molecule has 2 aromatic rings. The minimum Gasteiger partial charge on any atom is -0.480 e. The molecule has 3 rings (SSSR count). The molecular formula is C26H30N2O7. The zero-order valence-electron chi connectivity index (χ0n) is 19.8. The number of hydrogen-bond donors (Lipinski definition) is 3. The van der Waals surface area contributed by atoms with Gasteiger partial charge in [0, 0.05) is 18.9 Å². The molecule has 0 fully saturated rings. The Morgan fingerprint density at radius 3 is 2.14 bits per heavy atom. The Kier molecular flexibility index (Phi) is 8.83. The van der Waals surface area contributed by atoms with Crippen LogP contribution in [0.25, 0.3) is 11.1 Å². The van der Waals surface area contributed by atoms with E-state index in [2.05, 4.69) is 15.4 Å². The molecule has 9 heteroatoms. The Labute approximate surface area is 203 Å². The molecule has 1 aliphatic carbocycles. The number of alkyl carbamates (subject to hydrolysis) is 1. The van der Waals surface area contributed by atoms with Gasteiger partial charge in [-0.15, -0.1) is 0 Å². The molecule has 0 aromatic heterocycles. The van der Waals surface area contributed by atoms with Gasteiger partial charge in [0.1, 0.15) is 12.6 Å². The van der Waals surface area contributed by atoms with E-state index in [0.717, 1.165) is 22.3 Å². The van der Waals surface area contributed by atoms with Crippen molar-refractivity contribution >= 4 is 23.9 Å². The van der Waals surface area contributed by atoms with Crippen LogP contribution in [0.5, 0.6) is 0 Å². The molecule has 0 aliphatic heterocycles. The van der Waals surface area contributed by atoms with Gasteiger partial charge < -0.3 is 25.2 Å². The smallest absolute Gasteiger partial charge is 0.407 e. The second kappa shape index (κ2) is 12.0. The van der Waals surface area contributed by atoms with Crippen molar-refractivity contribution in [3.8, 4) is 11.1 Å². The van der Waals surface area contributed by atoms with E-state index in [1.807, 2.05) is 48.5 Å². The summed E-state index contributed by atoms with van der Waals surface area (Å²) in [6.07, 6.45) is -0.510. The van der Waals surface area contributed by atoms with Crippen LogP contribution in [0.1, 0.15) is 43.2 Å². The van der Waals surface area contributed by atoms with Crippen molar-refractivity contribution in [1.29, 1.82) is 0 Å². The number of carbonyl (C=O) groups is 4. The average Bonchev–Trinajstić information content (AvgIpc) is 3.18. The highest BCUT2D eigenvalue weighted by molar-refractivity contribution is 5.86. The Hall–Kier alpha value is -3.88. The first-order valence-electron chi connectivity index (χ1n) is 11.5. The lowest BCUT2D eigenvalue weighted by Crippen LogP contribution is -2.46. The highest BCUT2D eigenvalue weighted by Gasteiger charge is 2.29. The number of aliphatic carboxylic acids is 1. The second-order valence-electron chi connectivity index (χ2n) is 8.33. The number of benzene rings is 2. The molecule has 2 atom stereocenters. The molecule has 0 spiro atoms. The van der Waals surface area contributed by atoms with Crippen molar-refractivity contribution in [2.24, 2.45) is 5.92 Å². The lowest BCUT2D eigenvalue weighted by molar-refractivity contribution is -0.144. The van der Waals surface area contributed by atoms with Gasteiger partial charge in [-0.05, 0) is 35.1 Å². The van der Waals surface area contributed by atoms with Crippen LogP contribution >= 0.6 is 0 Å². The van der Waals surface area contributed by atoms with E-state index < -0.39 is 35.9 Å². The van der Waals surface area contributed by atoms with Gasteiger partial charge in [-0.2, -0.15) is 0 Å². The van der Waals surface area contributed by atoms with Crippen molar-refractivity contribution in [2.45, 2.75) is 38.1 Å². The summed E-state index contributed by atoms with van der Waals surface area (Å²) in [5.41, 5.74) is 4.44. The first kappa shape index (κ1) is 25.7. The van der Waals surface area contributed by atoms with Gasteiger partial charge >= 0.3 is 18.0 Å². The van der Waals surface area contributed by atoms with Crippen LogP contribution in [0.2, 0.25) is 0 Å². The summed E-state index contributed by atoms with van der Waals surface area (Å²) in [4.78, 5) is 47.7. The molecule has 1 aliphatic rings. The van der Waals surface area contributed by atoms with E-state index in [1.54, 1.807) is 6.92 Å². The van der Waals surface area contributed by atoms with Gasteiger partial charge in [-0.3, -0.25) is 9.59 Å². The summed E-state index contributed by atoms with van der Waals surface area (Å²) in [5.74, 6) is -3.07. The molecule has 186 valence electrons. The molecule has 3 N–H and O–H groups in total. The standard InChI is InChI=1S/C26H30N2O7/c1-3-16(24(30)28-22(25(31)32)12-13-23(29)34-2)14-27-26(33)35-15-21-19-10-6-4-8-17(19)18-9-5-7-11-20(18)21/h4-11,16,21-22H,3,12-15H2,1-2H3,(H,27,33)(H,28,30)(H,31,32)/t16?,22-/m0/s1. The van der Waals surface area contributed by atoms with Crippen molar-refractivity contribution in [1.82, 2.24) is 10.6 Å². The number of esters is 1. The number of carboxylic acid groups (broad SMARTS) is 1. The number of carbonyl (C=O) groups excluding carboxylic acids is 3. The van der Waals surface area contributed by atoms with Crippen molar-refractivity contribution < 1.29 is 33.8 Å². The number of ether oxygens (including phenoxy) is 2. The van der Waals surface area contributed by atoms with Gasteiger partial charge in [0.05, 0.1) is 13.0 Å². The molecule has 35 heavy (non-hydrogen) atoms. The molecule has 0 heterocycles. The third-order valence-corrected chi connectivity index (χ3v) is 6.18. The third kappa shape index (κ3) is 6.38. The molecule has 0 saturated carbocycles.